The number of aromatic nitrogens is 3. The molecule has 0 radical (unpaired) electrons. The van der Waals surface area contributed by atoms with E-state index in [2.05, 4.69) is 20.3 Å². The Morgan fingerprint density at radius 3 is 3.00 bits per heavy atom. The number of carbonyl (C=O) groups is 1. The zero-order valence-corrected chi connectivity index (χ0v) is 8.26. The van der Waals surface area contributed by atoms with Gasteiger partial charge >= 0.3 is 0 Å². The average Bonchev–Trinajstić information content (AvgIpc) is 2.75. The SMILES string of the molecule is Cc1ncc(C(=O)Nc2nccs2)[nH]1. The number of carbonyl (C=O) groups excluding carboxylic acids is 1. The van der Waals surface area contributed by atoms with Crippen LogP contribution in [0.4, 0.5) is 5.13 Å². The van der Waals surface area contributed by atoms with Gasteiger partial charge in [0.25, 0.3) is 5.91 Å². The number of rotatable bonds is 2. The molecule has 0 unspecified atom stereocenters. The van der Waals surface area contributed by atoms with Crippen molar-refractivity contribution in [2.75, 3.05) is 5.32 Å². The number of nitrogens with zero attached hydrogens (tertiary/aromatic N) is 2. The van der Waals surface area contributed by atoms with Crippen LogP contribution in [0, 0.1) is 6.92 Å². The molecule has 0 atom stereocenters. The van der Waals surface area contributed by atoms with Crippen molar-refractivity contribution in [2.24, 2.45) is 0 Å². The quantitative estimate of drug-likeness (QED) is 0.784. The number of aryl methyl sites for hydroxylation is 1. The number of hydrogen-bond acceptors (Lipinski definition) is 4. The summed E-state index contributed by atoms with van der Waals surface area (Å²) in [6, 6.07) is 0. The Hall–Kier alpha value is -1.69. The van der Waals surface area contributed by atoms with E-state index in [0.29, 0.717) is 16.6 Å². The van der Waals surface area contributed by atoms with Crippen molar-refractivity contribution in [3.8, 4) is 0 Å². The van der Waals surface area contributed by atoms with Crippen LogP contribution in [0.15, 0.2) is 17.8 Å². The molecule has 0 aliphatic carbocycles. The third-order valence-electron chi connectivity index (χ3n) is 1.60. The minimum Gasteiger partial charge on any atom is -0.338 e. The van der Waals surface area contributed by atoms with E-state index >= 15 is 0 Å². The Morgan fingerprint density at radius 1 is 1.57 bits per heavy atom. The van der Waals surface area contributed by atoms with Crippen LogP contribution in [-0.2, 0) is 0 Å². The first-order chi connectivity index (χ1) is 6.75. The minimum atomic E-state index is -0.222. The Labute approximate surface area is 84.2 Å². The summed E-state index contributed by atoms with van der Waals surface area (Å²) < 4.78 is 0. The highest BCUT2D eigenvalue weighted by Gasteiger charge is 2.09. The van der Waals surface area contributed by atoms with E-state index in [4.69, 9.17) is 0 Å². The number of anilines is 1. The predicted molar refractivity (Wildman–Crippen MR) is 53.4 cm³/mol. The second kappa shape index (κ2) is 3.59. The van der Waals surface area contributed by atoms with E-state index in [1.807, 2.05) is 0 Å². The highest BCUT2D eigenvalue weighted by Crippen LogP contribution is 2.11. The van der Waals surface area contributed by atoms with Gasteiger partial charge in [-0.15, -0.1) is 11.3 Å². The predicted octanol–water partition coefficient (Wildman–Crippen LogP) is 1.43. The van der Waals surface area contributed by atoms with Gasteiger partial charge < -0.3 is 4.98 Å². The van der Waals surface area contributed by atoms with Crippen molar-refractivity contribution >= 4 is 22.4 Å². The zero-order chi connectivity index (χ0) is 9.97. The summed E-state index contributed by atoms with van der Waals surface area (Å²) in [6.07, 6.45) is 3.14. The summed E-state index contributed by atoms with van der Waals surface area (Å²) in [5.74, 6) is 0.495. The molecule has 2 heterocycles. The van der Waals surface area contributed by atoms with Gasteiger partial charge in [-0.25, -0.2) is 9.97 Å². The molecule has 6 heteroatoms. The van der Waals surface area contributed by atoms with Crippen LogP contribution in [0.25, 0.3) is 0 Å². The van der Waals surface area contributed by atoms with Crippen molar-refractivity contribution in [3.05, 3.63) is 29.3 Å². The fourth-order valence-corrected chi connectivity index (χ4v) is 1.51. The Bertz CT molecular complexity index is 434. The molecule has 0 bridgehead atoms. The van der Waals surface area contributed by atoms with E-state index < -0.39 is 0 Å². The maximum absolute atomic E-state index is 11.5. The van der Waals surface area contributed by atoms with Crippen LogP contribution < -0.4 is 5.32 Å². The fourth-order valence-electron chi connectivity index (χ4n) is 0.986. The van der Waals surface area contributed by atoms with Crippen LogP contribution in [0.2, 0.25) is 0 Å². The summed E-state index contributed by atoms with van der Waals surface area (Å²) in [6.45, 7) is 1.79. The van der Waals surface area contributed by atoms with E-state index in [1.54, 1.807) is 18.5 Å². The molecular weight excluding hydrogens is 200 g/mol. The lowest BCUT2D eigenvalue weighted by atomic mass is 10.4. The van der Waals surface area contributed by atoms with E-state index in [9.17, 15) is 4.79 Å². The van der Waals surface area contributed by atoms with E-state index in [0.717, 1.165) is 0 Å². The molecule has 5 nitrogen and oxygen atoms in total. The number of amides is 1. The van der Waals surface area contributed by atoms with Gasteiger partial charge in [0.15, 0.2) is 5.13 Å². The van der Waals surface area contributed by atoms with Gasteiger partial charge in [0.1, 0.15) is 11.5 Å². The van der Waals surface area contributed by atoms with Crippen LogP contribution >= 0.6 is 11.3 Å². The Kier molecular flexibility index (Phi) is 2.28. The largest absolute Gasteiger partial charge is 0.338 e. The molecule has 0 aromatic carbocycles. The molecule has 14 heavy (non-hydrogen) atoms. The lowest BCUT2D eigenvalue weighted by molar-refractivity contribution is 0.102. The molecule has 2 rings (SSSR count). The van der Waals surface area contributed by atoms with Crippen molar-refractivity contribution in [3.63, 3.8) is 0 Å². The molecule has 2 aromatic heterocycles. The second-order valence-corrected chi connectivity index (χ2v) is 3.57. The molecule has 0 saturated heterocycles. The molecule has 2 N–H and O–H groups in total. The van der Waals surface area contributed by atoms with Gasteiger partial charge in [0, 0.05) is 11.6 Å². The molecule has 1 amide bonds. The highest BCUT2D eigenvalue weighted by atomic mass is 32.1. The highest BCUT2D eigenvalue weighted by molar-refractivity contribution is 7.13. The third-order valence-corrected chi connectivity index (χ3v) is 2.29. The number of aromatic amines is 1. The van der Waals surface area contributed by atoms with Crippen LogP contribution in [-0.4, -0.2) is 20.9 Å². The third kappa shape index (κ3) is 1.80. The summed E-state index contributed by atoms with van der Waals surface area (Å²) in [7, 11) is 0. The topological polar surface area (TPSA) is 70.7 Å². The van der Waals surface area contributed by atoms with Gasteiger partial charge in [0.05, 0.1) is 6.20 Å². The number of imidazole rings is 1. The summed E-state index contributed by atoms with van der Waals surface area (Å²) in [5.41, 5.74) is 0.442. The van der Waals surface area contributed by atoms with Gasteiger partial charge in [-0.1, -0.05) is 0 Å². The van der Waals surface area contributed by atoms with E-state index in [1.165, 1.54) is 17.5 Å². The average molecular weight is 208 g/mol. The van der Waals surface area contributed by atoms with Crippen molar-refractivity contribution in [1.82, 2.24) is 15.0 Å². The lowest BCUT2D eigenvalue weighted by Crippen LogP contribution is -2.11. The molecule has 0 saturated carbocycles. The van der Waals surface area contributed by atoms with Crippen LogP contribution in [0.5, 0.6) is 0 Å². The molecule has 0 aliphatic rings. The molecule has 2 aromatic rings. The first-order valence-electron chi connectivity index (χ1n) is 3.98. The standard InChI is InChI=1S/C8H8N4OS/c1-5-10-4-6(11-5)7(13)12-8-9-2-3-14-8/h2-4H,1H3,(H,10,11)(H,9,12,13). The molecule has 0 aliphatic heterocycles. The second-order valence-electron chi connectivity index (χ2n) is 2.67. The first-order valence-corrected chi connectivity index (χ1v) is 4.86. The number of H-pyrrole nitrogens is 1. The maximum Gasteiger partial charge on any atom is 0.275 e. The Morgan fingerprint density at radius 2 is 2.43 bits per heavy atom. The Balaban J connectivity index is 2.10. The molecule has 0 spiro atoms. The van der Waals surface area contributed by atoms with Crippen molar-refractivity contribution < 1.29 is 4.79 Å². The summed E-state index contributed by atoms with van der Waals surface area (Å²) in [5, 5.41) is 5.03. The van der Waals surface area contributed by atoms with Gasteiger partial charge in [0.2, 0.25) is 0 Å². The number of hydrogen-bond donors (Lipinski definition) is 2. The molecular formula is C8H8N4OS. The van der Waals surface area contributed by atoms with Gasteiger partial charge in [-0.2, -0.15) is 0 Å². The minimum absolute atomic E-state index is 0.222. The smallest absolute Gasteiger partial charge is 0.275 e. The summed E-state index contributed by atoms with van der Waals surface area (Å²) in [4.78, 5) is 22.2. The monoisotopic (exact) mass is 208 g/mol. The van der Waals surface area contributed by atoms with Crippen LogP contribution in [0.1, 0.15) is 16.3 Å². The summed E-state index contributed by atoms with van der Waals surface area (Å²) >= 11 is 1.38. The van der Waals surface area contributed by atoms with E-state index in [-0.39, 0.29) is 5.91 Å². The molecule has 0 fully saturated rings. The van der Waals surface area contributed by atoms with Crippen molar-refractivity contribution in [2.45, 2.75) is 6.92 Å². The van der Waals surface area contributed by atoms with Gasteiger partial charge in [-0.05, 0) is 6.92 Å². The lowest BCUT2D eigenvalue weighted by Gasteiger charge is -1.96. The first kappa shape index (κ1) is 8.89. The van der Waals surface area contributed by atoms with Gasteiger partial charge in [-0.3, -0.25) is 10.1 Å². The zero-order valence-electron chi connectivity index (χ0n) is 7.44. The maximum atomic E-state index is 11.5. The normalized spacial score (nSPS) is 10.1. The number of nitrogens with one attached hydrogen (secondary N) is 2. The van der Waals surface area contributed by atoms with Crippen LogP contribution in [0.3, 0.4) is 0 Å². The molecule has 72 valence electrons. The fraction of sp³-hybridized carbons (Fsp3) is 0.125. The van der Waals surface area contributed by atoms with Crippen molar-refractivity contribution in [1.29, 1.82) is 0 Å². The number of thiazole rings is 1.